The van der Waals surface area contributed by atoms with Crippen molar-refractivity contribution in [1.29, 1.82) is 0 Å². The van der Waals surface area contributed by atoms with Crippen molar-refractivity contribution >= 4 is 72.0 Å². The zero-order valence-electron chi connectivity index (χ0n) is 46.9. The van der Waals surface area contributed by atoms with Crippen LogP contribution in [0.4, 0.5) is 0 Å². The van der Waals surface area contributed by atoms with E-state index in [1.165, 1.54) is 19.1 Å². The molecule has 16 nitrogen and oxygen atoms in total. The number of nitrogens with one attached hydrogen (secondary N) is 1. The molecule has 0 bridgehead atoms. The Morgan fingerprint density at radius 1 is 0.515 bits per heavy atom. The molecule has 0 aliphatic rings. The zero-order chi connectivity index (χ0) is 53.1. The van der Waals surface area contributed by atoms with E-state index in [1.54, 1.807) is 64.0 Å². The van der Waals surface area contributed by atoms with Crippen molar-refractivity contribution in [2.24, 2.45) is 11.3 Å². The largest absolute Gasteiger partial charge is 0.499 e. The fourth-order valence-electron chi connectivity index (χ4n) is 6.80. The second kappa shape index (κ2) is 33.1. The molecule has 0 aromatic heterocycles. The van der Waals surface area contributed by atoms with Gasteiger partial charge in [-0.05, 0) is 102 Å². The lowest BCUT2D eigenvalue weighted by Gasteiger charge is -2.46. The predicted octanol–water partition coefficient (Wildman–Crippen LogP) is 10.2. The van der Waals surface area contributed by atoms with Gasteiger partial charge in [-0.1, -0.05) is 65.0 Å². The Morgan fingerprint density at radius 2 is 0.853 bits per heavy atom. The summed E-state index contributed by atoms with van der Waals surface area (Å²) in [5, 5.41) is 3.14. The molecular formula is C45H99NO15Si7. The van der Waals surface area contributed by atoms with Crippen LogP contribution in [0.1, 0.15) is 79.2 Å². The van der Waals surface area contributed by atoms with Gasteiger partial charge in [-0.25, -0.2) is 0 Å². The molecule has 0 fully saturated rings. The number of methoxy groups -OCH3 is 1. The molecule has 1 aromatic rings. The highest BCUT2D eigenvalue weighted by Crippen LogP contribution is 2.36. The number of esters is 1. The van der Waals surface area contributed by atoms with Crippen molar-refractivity contribution in [2.45, 2.75) is 155 Å². The molecule has 0 saturated heterocycles. The molecule has 402 valence electrons. The van der Waals surface area contributed by atoms with Crippen molar-refractivity contribution in [3.05, 3.63) is 35.9 Å². The number of benzene rings is 1. The van der Waals surface area contributed by atoms with Gasteiger partial charge >= 0.3 is 41.2 Å². The summed E-state index contributed by atoms with van der Waals surface area (Å²) in [5.41, 5.74) is 1.14. The highest BCUT2D eigenvalue weighted by atomic mass is 28.5. The van der Waals surface area contributed by atoms with Gasteiger partial charge < -0.3 is 62.2 Å². The third-order valence-corrected chi connectivity index (χ3v) is 37.9. The number of hydrogen-bond donors (Lipinski definition) is 1. The van der Waals surface area contributed by atoms with Crippen LogP contribution in [0, 0.1) is 11.3 Å². The molecule has 0 aliphatic carbocycles. The maximum Gasteiger partial charge on any atom is 0.499 e. The number of carbonyl (C=O) groups is 2. The minimum atomic E-state index is -3.54. The van der Waals surface area contributed by atoms with Gasteiger partial charge in [0.15, 0.2) is 25.0 Å². The van der Waals surface area contributed by atoms with Crippen LogP contribution in [0.2, 0.25) is 81.6 Å². The Kier molecular flexibility index (Phi) is 33.7. The van der Waals surface area contributed by atoms with Crippen LogP contribution in [0.25, 0.3) is 0 Å². The summed E-state index contributed by atoms with van der Waals surface area (Å²) >= 11 is 0. The number of carbonyl (C=O) groups excluding carboxylic acids is 2. The van der Waals surface area contributed by atoms with E-state index in [1.807, 2.05) is 34.6 Å². The Bertz CT molecular complexity index is 1390. The number of amides is 1. The molecule has 0 spiro atoms. The first-order chi connectivity index (χ1) is 31.5. The second-order valence-electron chi connectivity index (χ2n) is 19.5. The molecule has 1 rings (SSSR count). The molecule has 1 N–H and O–H groups in total. The summed E-state index contributed by atoms with van der Waals surface area (Å²) in [5.74, 6) is 0.464. The van der Waals surface area contributed by atoms with E-state index in [-0.39, 0.29) is 23.2 Å². The van der Waals surface area contributed by atoms with Crippen LogP contribution < -0.4 is 5.32 Å². The molecule has 1 amide bonds. The molecule has 2 unspecified atom stereocenters. The highest BCUT2D eigenvalue weighted by Gasteiger charge is 2.55. The average Bonchev–Trinajstić information content (AvgIpc) is 3.32. The minimum Gasteiger partial charge on any atom is -0.469 e. The van der Waals surface area contributed by atoms with Crippen LogP contribution in [0.15, 0.2) is 30.3 Å². The van der Waals surface area contributed by atoms with Gasteiger partial charge in [0.2, 0.25) is 5.91 Å². The van der Waals surface area contributed by atoms with Crippen LogP contribution in [0.5, 0.6) is 0 Å². The van der Waals surface area contributed by atoms with E-state index in [9.17, 15) is 9.59 Å². The molecule has 68 heavy (non-hydrogen) atoms. The smallest absolute Gasteiger partial charge is 0.469 e. The summed E-state index contributed by atoms with van der Waals surface area (Å²) in [6.07, 6.45) is 2.79. The molecule has 0 saturated carbocycles. The zero-order valence-corrected chi connectivity index (χ0v) is 53.9. The number of ether oxygens (including phenoxy) is 1. The van der Waals surface area contributed by atoms with E-state index in [2.05, 4.69) is 93.5 Å². The van der Waals surface area contributed by atoms with Crippen LogP contribution in [-0.2, 0) is 66.5 Å². The molecule has 0 heterocycles. The van der Waals surface area contributed by atoms with E-state index in [0.29, 0.717) is 54.8 Å². The van der Waals surface area contributed by atoms with E-state index in [0.717, 1.165) is 12.8 Å². The van der Waals surface area contributed by atoms with Crippen molar-refractivity contribution in [3.63, 3.8) is 0 Å². The van der Waals surface area contributed by atoms with Gasteiger partial charge in [0, 0.05) is 101 Å². The molecule has 2 atom stereocenters. The maximum absolute atomic E-state index is 12.9. The molecule has 23 heteroatoms. The second-order valence-corrected chi connectivity index (χ2v) is 45.1. The molecule has 0 aliphatic heterocycles. The van der Waals surface area contributed by atoms with E-state index in [4.69, 9.17) is 52.2 Å². The molecular weight excluding hydrogens is 991 g/mol. The Morgan fingerprint density at radius 3 is 1.10 bits per heavy atom. The first kappa shape index (κ1) is 69.3. The van der Waals surface area contributed by atoms with Gasteiger partial charge in [0.1, 0.15) is 0 Å². The van der Waals surface area contributed by atoms with Gasteiger partial charge in [-0.15, -0.1) is 0 Å². The Hall–Kier alpha value is -0.802. The normalized spacial score (nSPS) is 14.0. The van der Waals surface area contributed by atoms with E-state index >= 15 is 0 Å². The van der Waals surface area contributed by atoms with Gasteiger partial charge in [0.05, 0.1) is 12.5 Å². The van der Waals surface area contributed by atoms with Crippen LogP contribution in [0.3, 0.4) is 0 Å². The van der Waals surface area contributed by atoms with Gasteiger partial charge in [-0.3, -0.25) is 9.59 Å². The minimum absolute atomic E-state index is 0.00174. The average molecular weight is 1090 g/mol. The van der Waals surface area contributed by atoms with E-state index < -0.39 is 60.2 Å². The first-order valence-electron chi connectivity index (χ1n) is 24.0. The standard InChI is InChI=1S/C28H71NO13Si7.C10H14.C7H14O2/c1-18-27(2)28(30)29-19-20-49(40-43(12,13)21-24-46(31-3,32-4)33-5,41-44(14,15)22-25-47(34-6,35-7)36-8)42-45(16,17)23-26-48(37-9,38-10)39-11;1-3-9(2)10-7-5-4-6-8-10;1-5-7(2,3)6(8)9-4/h27H,18-26H2,1-17H3,(H,29,30);4-9H,3H2,1-2H3;5H2,1-4H3. The molecule has 1 aromatic carbocycles. The summed E-state index contributed by atoms with van der Waals surface area (Å²) in [4.78, 5) is 23.8. The fraction of sp³-hybridized carbons (Fsp3) is 0.822. The lowest BCUT2D eigenvalue weighted by atomic mass is 9.91. The fourth-order valence-corrected chi connectivity index (χ4v) is 35.6. The maximum atomic E-state index is 12.9. The SMILES string of the molecule is CCC(C)(C)C(=O)OC.CCC(C)C(=O)NCC[Si](O[Si](C)(C)CC[Si](OC)(OC)OC)(O[Si](C)(C)CC[Si](OC)(OC)OC)O[Si](C)(C)CC[Si](OC)(OC)OC.CCC(C)c1ccccc1. The Balaban J connectivity index is 0. The lowest BCUT2D eigenvalue weighted by molar-refractivity contribution is -0.150. The third kappa shape index (κ3) is 25.2. The topological polar surface area (TPSA) is 166 Å². The number of rotatable bonds is 33. The van der Waals surface area contributed by atoms with Gasteiger partial charge in [-0.2, -0.15) is 0 Å². The number of hydrogen-bond acceptors (Lipinski definition) is 15. The quantitative estimate of drug-likeness (QED) is 0.0522. The Labute approximate surface area is 422 Å². The van der Waals surface area contributed by atoms with Crippen LogP contribution in [-0.4, -0.2) is 150 Å². The van der Waals surface area contributed by atoms with Crippen molar-refractivity contribution < 1.29 is 66.5 Å². The van der Waals surface area contributed by atoms with Crippen molar-refractivity contribution in [1.82, 2.24) is 5.32 Å². The van der Waals surface area contributed by atoms with Crippen molar-refractivity contribution in [2.75, 3.05) is 77.6 Å². The first-order valence-corrected chi connectivity index (χ1v) is 41.1. The van der Waals surface area contributed by atoms with Crippen LogP contribution >= 0.6 is 0 Å². The monoisotopic (exact) mass is 1090 g/mol. The van der Waals surface area contributed by atoms with Gasteiger partial charge in [0.25, 0.3) is 0 Å². The molecule has 0 radical (unpaired) electrons. The third-order valence-electron chi connectivity index (χ3n) is 12.6. The summed E-state index contributed by atoms with van der Waals surface area (Å²) in [6, 6.07) is 14.9. The predicted molar refractivity (Wildman–Crippen MR) is 289 cm³/mol. The summed E-state index contributed by atoms with van der Waals surface area (Å²) in [6.45, 7) is 27.5. The lowest BCUT2D eigenvalue weighted by Crippen LogP contribution is -2.63. The summed E-state index contributed by atoms with van der Waals surface area (Å²) < 4.78 is 78.4. The summed E-state index contributed by atoms with van der Waals surface area (Å²) in [7, 11) is -3.83. The van der Waals surface area contributed by atoms with Crippen molar-refractivity contribution in [3.8, 4) is 0 Å². The highest BCUT2D eigenvalue weighted by molar-refractivity contribution is 6.91.